The van der Waals surface area contributed by atoms with Crippen molar-refractivity contribution < 1.29 is 5.11 Å². The van der Waals surface area contributed by atoms with Gasteiger partial charge in [0.05, 0.1) is 12.3 Å². The second-order valence-electron chi connectivity index (χ2n) is 4.31. The number of pyridine rings is 1. The predicted molar refractivity (Wildman–Crippen MR) is 70.7 cm³/mol. The van der Waals surface area contributed by atoms with Gasteiger partial charge in [0.25, 0.3) is 0 Å². The number of β-amino-alcohol motifs (C(OH)–C–C–N with tert-alkyl or cyclic N) is 1. The number of hydrogen-bond acceptors (Lipinski definition) is 4. The lowest BCUT2D eigenvalue weighted by Gasteiger charge is -2.34. The van der Waals surface area contributed by atoms with Crippen LogP contribution in [0.15, 0.2) is 22.8 Å². The van der Waals surface area contributed by atoms with Gasteiger partial charge in [-0.2, -0.15) is 0 Å². The molecule has 1 aliphatic rings. The Balaban J connectivity index is 1.79. The van der Waals surface area contributed by atoms with E-state index in [2.05, 4.69) is 36.8 Å². The van der Waals surface area contributed by atoms with Crippen molar-refractivity contribution >= 4 is 15.9 Å². The molecule has 94 valence electrons. The molecule has 2 heterocycles. The first-order chi connectivity index (χ1) is 8.28. The van der Waals surface area contributed by atoms with Crippen LogP contribution >= 0.6 is 15.9 Å². The molecule has 0 aromatic carbocycles. The van der Waals surface area contributed by atoms with Crippen molar-refractivity contribution in [2.24, 2.45) is 0 Å². The zero-order valence-corrected chi connectivity index (χ0v) is 11.4. The van der Waals surface area contributed by atoms with E-state index in [4.69, 9.17) is 5.11 Å². The van der Waals surface area contributed by atoms with Crippen LogP contribution in [0.25, 0.3) is 0 Å². The van der Waals surface area contributed by atoms with E-state index in [-0.39, 0.29) is 6.61 Å². The van der Waals surface area contributed by atoms with Gasteiger partial charge in [0.2, 0.25) is 0 Å². The Labute approximate surface area is 110 Å². The lowest BCUT2D eigenvalue weighted by atomic mass is 10.2. The van der Waals surface area contributed by atoms with E-state index in [0.29, 0.717) is 0 Å². The van der Waals surface area contributed by atoms with Crippen LogP contribution < -0.4 is 0 Å². The van der Waals surface area contributed by atoms with Gasteiger partial charge in [-0.15, -0.1) is 0 Å². The maximum atomic E-state index is 8.88. The van der Waals surface area contributed by atoms with Crippen molar-refractivity contribution in [3.8, 4) is 0 Å². The molecule has 17 heavy (non-hydrogen) atoms. The molecule has 0 bridgehead atoms. The fourth-order valence-electron chi connectivity index (χ4n) is 2.04. The number of nitrogens with zero attached hydrogens (tertiary/aromatic N) is 3. The number of piperazine rings is 1. The first-order valence-electron chi connectivity index (χ1n) is 5.94. The summed E-state index contributed by atoms with van der Waals surface area (Å²) in [5.41, 5.74) is 1.11. The maximum Gasteiger partial charge on any atom is 0.0558 e. The third-order valence-electron chi connectivity index (χ3n) is 3.06. The molecular weight excluding hydrogens is 282 g/mol. The van der Waals surface area contributed by atoms with Gasteiger partial charge in [-0.25, -0.2) is 0 Å². The topological polar surface area (TPSA) is 39.6 Å². The monoisotopic (exact) mass is 299 g/mol. The molecular formula is C12H18BrN3O. The number of aliphatic hydroxyl groups is 1. The predicted octanol–water partition coefficient (Wildman–Crippen LogP) is 0.954. The van der Waals surface area contributed by atoms with Crippen LogP contribution in [0.3, 0.4) is 0 Å². The van der Waals surface area contributed by atoms with Gasteiger partial charge in [-0.05, 0) is 28.1 Å². The molecule has 4 nitrogen and oxygen atoms in total. The summed E-state index contributed by atoms with van der Waals surface area (Å²) in [5, 5.41) is 8.88. The van der Waals surface area contributed by atoms with Crippen molar-refractivity contribution in [1.29, 1.82) is 0 Å². The summed E-state index contributed by atoms with van der Waals surface area (Å²) in [7, 11) is 0. The molecule has 1 aromatic rings. The second kappa shape index (κ2) is 6.44. The summed E-state index contributed by atoms with van der Waals surface area (Å²) in [6.45, 7) is 6.16. The number of halogens is 1. The Bertz CT molecular complexity index is 336. The molecule has 0 unspecified atom stereocenters. The molecule has 2 rings (SSSR count). The average Bonchev–Trinajstić information content (AvgIpc) is 2.35. The molecule has 1 fully saturated rings. The highest BCUT2D eigenvalue weighted by atomic mass is 79.9. The van der Waals surface area contributed by atoms with E-state index in [0.717, 1.165) is 49.4 Å². The molecule has 0 radical (unpaired) electrons. The quantitative estimate of drug-likeness (QED) is 0.899. The molecule has 0 amide bonds. The first kappa shape index (κ1) is 13.0. The van der Waals surface area contributed by atoms with E-state index in [1.165, 1.54) is 0 Å². The molecule has 0 spiro atoms. The normalized spacial score (nSPS) is 18.5. The fraction of sp³-hybridized carbons (Fsp3) is 0.583. The molecule has 1 N–H and O–H groups in total. The van der Waals surface area contributed by atoms with E-state index in [9.17, 15) is 0 Å². The summed E-state index contributed by atoms with van der Waals surface area (Å²) in [4.78, 5) is 9.09. The molecule has 0 atom stereocenters. The van der Waals surface area contributed by atoms with Crippen molar-refractivity contribution in [3.63, 3.8) is 0 Å². The summed E-state index contributed by atoms with van der Waals surface area (Å²) in [6, 6.07) is 4.09. The Morgan fingerprint density at radius 3 is 2.47 bits per heavy atom. The Morgan fingerprint density at radius 2 is 1.88 bits per heavy atom. The Hall–Kier alpha value is -0.490. The van der Waals surface area contributed by atoms with Crippen LogP contribution in [0, 0.1) is 0 Å². The van der Waals surface area contributed by atoms with Crippen LogP contribution in [0.5, 0.6) is 0 Å². The third-order valence-corrected chi connectivity index (χ3v) is 3.52. The highest BCUT2D eigenvalue weighted by molar-refractivity contribution is 9.10. The number of aromatic nitrogens is 1. The zero-order chi connectivity index (χ0) is 12.1. The van der Waals surface area contributed by atoms with Crippen LogP contribution in [0.2, 0.25) is 0 Å². The first-order valence-corrected chi connectivity index (χ1v) is 6.73. The highest BCUT2D eigenvalue weighted by Crippen LogP contribution is 2.10. The van der Waals surface area contributed by atoms with Crippen LogP contribution in [0.1, 0.15) is 5.69 Å². The van der Waals surface area contributed by atoms with Gasteiger partial charge in [-0.1, -0.05) is 0 Å². The maximum absolute atomic E-state index is 8.88. The molecule has 1 saturated heterocycles. The molecule has 0 saturated carbocycles. The zero-order valence-electron chi connectivity index (χ0n) is 9.85. The standard InChI is InChI=1S/C12H18BrN3O/c13-11-1-2-12(14-9-11)10-16-5-3-15(4-6-16)7-8-17/h1-2,9,17H,3-8,10H2. The van der Waals surface area contributed by atoms with Crippen LogP contribution in [-0.4, -0.2) is 59.2 Å². The minimum absolute atomic E-state index is 0.258. The second-order valence-corrected chi connectivity index (χ2v) is 5.22. The highest BCUT2D eigenvalue weighted by Gasteiger charge is 2.16. The van der Waals surface area contributed by atoms with Crippen molar-refractivity contribution in [2.45, 2.75) is 6.54 Å². The Morgan fingerprint density at radius 1 is 1.18 bits per heavy atom. The van der Waals surface area contributed by atoms with Crippen molar-refractivity contribution in [3.05, 3.63) is 28.5 Å². The summed E-state index contributed by atoms with van der Waals surface area (Å²) in [6.07, 6.45) is 1.84. The van der Waals surface area contributed by atoms with Gasteiger partial charge < -0.3 is 5.11 Å². The van der Waals surface area contributed by atoms with E-state index in [1.54, 1.807) is 0 Å². The van der Waals surface area contributed by atoms with Crippen LogP contribution in [-0.2, 0) is 6.54 Å². The van der Waals surface area contributed by atoms with Crippen molar-refractivity contribution in [2.75, 3.05) is 39.3 Å². The molecule has 0 aliphatic carbocycles. The van der Waals surface area contributed by atoms with E-state index >= 15 is 0 Å². The SMILES string of the molecule is OCCN1CCN(Cc2ccc(Br)cn2)CC1. The minimum atomic E-state index is 0.258. The minimum Gasteiger partial charge on any atom is -0.395 e. The summed E-state index contributed by atoms with van der Waals surface area (Å²) >= 11 is 3.39. The van der Waals surface area contributed by atoms with Gasteiger partial charge in [0.15, 0.2) is 0 Å². The van der Waals surface area contributed by atoms with E-state index < -0.39 is 0 Å². The fourth-order valence-corrected chi connectivity index (χ4v) is 2.28. The summed E-state index contributed by atoms with van der Waals surface area (Å²) < 4.78 is 1.02. The van der Waals surface area contributed by atoms with Gasteiger partial charge >= 0.3 is 0 Å². The largest absolute Gasteiger partial charge is 0.395 e. The van der Waals surface area contributed by atoms with E-state index in [1.807, 2.05) is 12.3 Å². The number of rotatable bonds is 4. The summed E-state index contributed by atoms with van der Waals surface area (Å²) in [5.74, 6) is 0. The molecule has 1 aromatic heterocycles. The van der Waals surface area contributed by atoms with Crippen LogP contribution in [0.4, 0.5) is 0 Å². The van der Waals surface area contributed by atoms with Gasteiger partial charge in [-0.3, -0.25) is 14.8 Å². The average molecular weight is 300 g/mol. The molecule has 1 aliphatic heterocycles. The lowest BCUT2D eigenvalue weighted by Crippen LogP contribution is -2.46. The number of aliphatic hydroxyl groups excluding tert-OH is 1. The molecule has 5 heteroatoms. The lowest BCUT2D eigenvalue weighted by molar-refractivity contribution is 0.107. The Kier molecular flexibility index (Phi) is 4.91. The van der Waals surface area contributed by atoms with Gasteiger partial charge in [0, 0.05) is 49.9 Å². The van der Waals surface area contributed by atoms with Gasteiger partial charge in [0.1, 0.15) is 0 Å². The van der Waals surface area contributed by atoms with Crippen molar-refractivity contribution in [1.82, 2.24) is 14.8 Å². The third kappa shape index (κ3) is 4.03. The smallest absolute Gasteiger partial charge is 0.0558 e. The number of hydrogen-bond donors (Lipinski definition) is 1.